The number of aryl methyl sites for hydroxylation is 2. The Morgan fingerprint density at radius 3 is 2.94 bits per heavy atom. The van der Waals surface area contributed by atoms with Gasteiger partial charge < -0.3 is 15.0 Å². The summed E-state index contributed by atoms with van der Waals surface area (Å²) in [7, 11) is 0. The van der Waals surface area contributed by atoms with Gasteiger partial charge in [-0.3, -0.25) is 4.79 Å². The summed E-state index contributed by atoms with van der Waals surface area (Å²) in [5.74, 6) is 0.130. The Bertz CT molecular complexity index is 336. The molecule has 0 aliphatic carbocycles. The first kappa shape index (κ1) is 12.7. The van der Waals surface area contributed by atoms with E-state index in [1.807, 2.05) is 24.6 Å². The second kappa shape index (κ2) is 6.27. The third-order valence-corrected chi connectivity index (χ3v) is 2.52. The van der Waals surface area contributed by atoms with Gasteiger partial charge in [-0.1, -0.05) is 6.92 Å². The summed E-state index contributed by atoms with van der Waals surface area (Å²) in [4.78, 5) is 15.1. The smallest absolute Gasteiger partial charge is 0.320 e. The Morgan fingerprint density at radius 2 is 2.44 bits per heavy atom. The van der Waals surface area contributed by atoms with E-state index in [9.17, 15) is 4.79 Å². The fraction of sp³-hybridized carbons (Fsp3) is 0.636. The van der Waals surface area contributed by atoms with Crippen LogP contribution in [0, 0.1) is 6.92 Å². The first-order chi connectivity index (χ1) is 7.65. The van der Waals surface area contributed by atoms with Crippen molar-refractivity contribution in [3.05, 3.63) is 18.2 Å². The normalized spacial score (nSPS) is 12.6. The van der Waals surface area contributed by atoms with Gasteiger partial charge in [-0.25, -0.2) is 4.98 Å². The van der Waals surface area contributed by atoms with Gasteiger partial charge in [0.25, 0.3) is 0 Å². The van der Waals surface area contributed by atoms with Crippen molar-refractivity contribution in [1.29, 1.82) is 0 Å². The molecule has 0 spiro atoms. The van der Waals surface area contributed by atoms with E-state index in [2.05, 4.69) is 10.3 Å². The molecule has 0 amide bonds. The van der Waals surface area contributed by atoms with E-state index < -0.39 is 12.0 Å². The van der Waals surface area contributed by atoms with Gasteiger partial charge in [0.15, 0.2) is 0 Å². The molecule has 0 aliphatic heterocycles. The molecule has 1 aromatic rings. The molecule has 0 radical (unpaired) electrons. The fourth-order valence-electron chi connectivity index (χ4n) is 1.54. The average molecular weight is 225 g/mol. The molecule has 1 heterocycles. The highest BCUT2D eigenvalue weighted by Crippen LogP contribution is 2.01. The number of nitrogens with one attached hydrogen (secondary N) is 1. The molecule has 16 heavy (non-hydrogen) atoms. The lowest BCUT2D eigenvalue weighted by Gasteiger charge is -2.14. The second-order valence-electron chi connectivity index (χ2n) is 3.80. The maximum absolute atomic E-state index is 11.0. The maximum atomic E-state index is 11.0. The van der Waals surface area contributed by atoms with Crippen LogP contribution in [-0.2, 0) is 11.3 Å². The molecule has 0 aromatic carbocycles. The highest BCUT2D eigenvalue weighted by atomic mass is 16.4. The summed E-state index contributed by atoms with van der Waals surface area (Å²) in [6, 6.07) is -0.471. The molecule has 0 saturated carbocycles. The van der Waals surface area contributed by atoms with Crippen LogP contribution < -0.4 is 5.32 Å². The van der Waals surface area contributed by atoms with Gasteiger partial charge in [0.2, 0.25) is 0 Å². The largest absolute Gasteiger partial charge is 0.480 e. The summed E-state index contributed by atoms with van der Waals surface area (Å²) in [5, 5.41) is 12.0. The van der Waals surface area contributed by atoms with Gasteiger partial charge in [0.05, 0.1) is 0 Å². The number of nitrogens with zero attached hydrogens (tertiary/aromatic N) is 2. The fourth-order valence-corrected chi connectivity index (χ4v) is 1.54. The third-order valence-electron chi connectivity index (χ3n) is 2.52. The van der Waals surface area contributed by atoms with Crippen LogP contribution in [0.3, 0.4) is 0 Å². The molecule has 2 N–H and O–H groups in total. The molecule has 5 heteroatoms. The van der Waals surface area contributed by atoms with Crippen LogP contribution in [0.15, 0.2) is 12.4 Å². The minimum atomic E-state index is -0.786. The maximum Gasteiger partial charge on any atom is 0.320 e. The van der Waals surface area contributed by atoms with Crippen LogP contribution in [0.5, 0.6) is 0 Å². The molecule has 5 nitrogen and oxygen atoms in total. The Hall–Kier alpha value is -1.36. The molecule has 0 saturated heterocycles. The van der Waals surface area contributed by atoms with Crippen LogP contribution in [0.25, 0.3) is 0 Å². The van der Waals surface area contributed by atoms with Crippen LogP contribution in [0.1, 0.15) is 25.6 Å². The number of rotatable bonds is 7. The number of carboxylic acid groups (broad SMARTS) is 1. The van der Waals surface area contributed by atoms with E-state index in [0.717, 1.165) is 18.8 Å². The van der Waals surface area contributed by atoms with E-state index in [1.165, 1.54) is 0 Å². The third kappa shape index (κ3) is 3.66. The quantitative estimate of drug-likeness (QED) is 0.727. The number of aromatic nitrogens is 2. The van der Waals surface area contributed by atoms with Gasteiger partial charge in [-0.05, 0) is 26.3 Å². The number of hydrogen-bond acceptors (Lipinski definition) is 3. The Labute approximate surface area is 95.5 Å². The van der Waals surface area contributed by atoms with E-state index >= 15 is 0 Å². The first-order valence-electron chi connectivity index (χ1n) is 5.59. The van der Waals surface area contributed by atoms with E-state index in [0.29, 0.717) is 13.0 Å². The molecule has 1 unspecified atom stereocenters. The van der Waals surface area contributed by atoms with Gasteiger partial charge >= 0.3 is 5.97 Å². The Balaban J connectivity index is 2.44. The van der Waals surface area contributed by atoms with Gasteiger partial charge in [0, 0.05) is 18.9 Å². The summed E-state index contributed by atoms with van der Waals surface area (Å²) >= 11 is 0. The molecular weight excluding hydrogens is 206 g/mol. The number of carbonyl (C=O) groups is 1. The van der Waals surface area contributed by atoms with Crippen molar-refractivity contribution in [2.24, 2.45) is 0 Å². The summed E-state index contributed by atoms with van der Waals surface area (Å²) in [6.07, 6.45) is 5.11. The molecule has 0 aliphatic rings. The number of hydrogen-bond donors (Lipinski definition) is 2. The number of carboxylic acids is 1. The molecule has 0 bridgehead atoms. The van der Waals surface area contributed by atoms with Crippen LogP contribution in [0.2, 0.25) is 0 Å². The monoisotopic (exact) mass is 225 g/mol. The van der Waals surface area contributed by atoms with Crippen molar-refractivity contribution in [3.63, 3.8) is 0 Å². The van der Waals surface area contributed by atoms with E-state index in [4.69, 9.17) is 5.11 Å². The predicted molar refractivity (Wildman–Crippen MR) is 61.3 cm³/mol. The topological polar surface area (TPSA) is 67.2 Å². The molecule has 1 rings (SSSR count). The van der Waals surface area contributed by atoms with E-state index in [1.54, 1.807) is 6.20 Å². The minimum Gasteiger partial charge on any atom is -0.480 e. The van der Waals surface area contributed by atoms with Crippen LogP contribution >= 0.6 is 0 Å². The lowest BCUT2D eigenvalue weighted by atomic mass is 10.2. The summed E-state index contributed by atoms with van der Waals surface area (Å²) in [6.45, 7) is 5.35. The van der Waals surface area contributed by atoms with Crippen molar-refractivity contribution in [2.75, 3.05) is 6.54 Å². The Morgan fingerprint density at radius 1 is 1.69 bits per heavy atom. The highest BCUT2D eigenvalue weighted by Gasteiger charge is 2.15. The lowest BCUT2D eigenvalue weighted by molar-refractivity contribution is -0.139. The highest BCUT2D eigenvalue weighted by molar-refractivity contribution is 5.73. The summed E-state index contributed by atoms with van der Waals surface area (Å²) < 4.78 is 1.96. The van der Waals surface area contributed by atoms with Crippen molar-refractivity contribution < 1.29 is 9.90 Å². The molecule has 90 valence electrons. The standard InChI is InChI=1S/C11H19N3O2/c1-3-5-13-10(11(15)16)4-7-14-8-6-12-9(14)2/h6,8,10,13H,3-5,7H2,1-2H3,(H,15,16). The van der Waals surface area contributed by atoms with Gasteiger partial charge in [-0.15, -0.1) is 0 Å². The lowest BCUT2D eigenvalue weighted by Crippen LogP contribution is -2.37. The molecular formula is C11H19N3O2. The Kier molecular flexibility index (Phi) is 4.98. The number of aliphatic carboxylic acids is 1. The minimum absolute atomic E-state index is 0.471. The van der Waals surface area contributed by atoms with E-state index in [-0.39, 0.29) is 0 Å². The zero-order valence-electron chi connectivity index (χ0n) is 9.81. The molecule has 0 fully saturated rings. The SMILES string of the molecule is CCCNC(CCn1ccnc1C)C(=O)O. The average Bonchev–Trinajstić information content (AvgIpc) is 2.64. The first-order valence-corrected chi connectivity index (χ1v) is 5.59. The van der Waals surface area contributed by atoms with Crippen molar-refractivity contribution in [3.8, 4) is 0 Å². The number of imidazole rings is 1. The van der Waals surface area contributed by atoms with Crippen molar-refractivity contribution in [2.45, 2.75) is 39.3 Å². The zero-order chi connectivity index (χ0) is 12.0. The van der Waals surface area contributed by atoms with Crippen LogP contribution in [0.4, 0.5) is 0 Å². The van der Waals surface area contributed by atoms with Crippen LogP contribution in [-0.4, -0.2) is 33.2 Å². The molecule has 1 aromatic heterocycles. The van der Waals surface area contributed by atoms with Gasteiger partial charge in [0.1, 0.15) is 11.9 Å². The molecule has 1 atom stereocenters. The predicted octanol–water partition coefficient (Wildman–Crippen LogP) is 1.03. The second-order valence-corrected chi connectivity index (χ2v) is 3.80. The van der Waals surface area contributed by atoms with Gasteiger partial charge in [-0.2, -0.15) is 0 Å². The van der Waals surface area contributed by atoms with Crippen molar-refractivity contribution in [1.82, 2.24) is 14.9 Å². The zero-order valence-corrected chi connectivity index (χ0v) is 9.81. The van der Waals surface area contributed by atoms with Crippen molar-refractivity contribution >= 4 is 5.97 Å². The summed E-state index contributed by atoms with van der Waals surface area (Å²) in [5.41, 5.74) is 0.